The van der Waals surface area contributed by atoms with Crippen LogP contribution in [0.1, 0.15) is 15.9 Å². The summed E-state index contributed by atoms with van der Waals surface area (Å²) in [7, 11) is 0. The van der Waals surface area contributed by atoms with Gasteiger partial charge in [0.15, 0.2) is 4.96 Å². The molecule has 0 fully saturated rings. The number of nitrogens with zero attached hydrogens (tertiary/aromatic N) is 2. The van der Waals surface area contributed by atoms with Gasteiger partial charge in [-0.2, -0.15) is 0 Å². The van der Waals surface area contributed by atoms with Crippen LogP contribution < -0.4 is 14.8 Å². The van der Waals surface area contributed by atoms with E-state index >= 15 is 0 Å². The van der Waals surface area contributed by atoms with Gasteiger partial charge in [-0.25, -0.2) is 18.6 Å². The zero-order valence-corrected chi connectivity index (χ0v) is 16.2. The minimum atomic E-state index is -0.655. The molecule has 30 heavy (non-hydrogen) atoms. The van der Waals surface area contributed by atoms with Gasteiger partial charge in [0, 0.05) is 0 Å². The number of para-hydroxylation sites is 2. The predicted octanol–water partition coefficient (Wildman–Crippen LogP) is 3.82. The molecule has 0 atom stereocenters. The Morgan fingerprint density at radius 3 is 2.73 bits per heavy atom. The summed E-state index contributed by atoms with van der Waals surface area (Å²) in [5.74, 6) is -0.862. The normalized spacial score (nSPS) is 12.0. The van der Waals surface area contributed by atoms with Gasteiger partial charge in [-0.05, 0) is 54.1 Å². The summed E-state index contributed by atoms with van der Waals surface area (Å²) in [6, 6.07) is 19.6. The van der Waals surface area contributed by atoms with Gasteiger partial charge in [0.05, 0.1) is 21.1 Å². The second-order valence-corrected chi connectivity index (χ2v) is 7.62. The number of aromatic nitrogens is 2. The van der Waals surface area contributed by atoms with Crippen LogP contribution in [0.2, 0.25) is 0 Å². The molecule has 0 aliphatic rings. The molecule has 0 aliphatic heterocycles. The van der Waals surface area contributed by atoms with E-state index in [9.17, 15) is 14.0 Å². The van der Waals surface area contributed by atoms with Gasteiger partial charge in [-0.15, -0.1) is 0 Å². The van der Waals surface area contributed by atoms with Crippen LogP contribution in [-0.4, -0.2) is 15.4 Å². The molecule has 0 bridgehead atoms. The maximum atomic E-state index is 13.3. The van der Waals surface area contributed by atoms with E-state index in [-0.39, 0.29) is 11.1 Å². The number of rotatable bonds is 3. The molecule has 5 nitrogen and oxygen atoms in total. The van der Waals surface area contributed by atoms with E-state index in [1.165, 1.54) is 29.5 Å². The number of halogens is 1. The summed E-state index contributed by atoms with van der Waals surface area (Å²) in [6.45, 7) is 0. The molecule has 0 amide bonds. The molecule has 0 aliphatic carbocycles. The Labute approximate surface area is 173 Å². The first-order chi connectivity index (χ1) is 14.6. The molecular formula is C23H13FN2O3S. The number of imidazole rings is 1. The van der Waals surface area contributed by atoms with Gasteiger partial charge in [0.25, 0.3) is 5.56 Å². The first-order valence-electron chi connectivity index (χ1n) is 9.08. The number of fused-ring (bicyclic) bond motifs is 3. The largest absolute Gasteiger partial charge is 0.423 e. The third-order valence-electron chi connectivity index (χ3n) is 4.57. The highest BCUT2D eigenvalue weighted by Gasteiger charge is 2.12. The molecule has 146 valence electrons. The van der Waals surface area contributed by atoms with Crippen LogP contribution in [0.25, 0.3) is 22.1 Å². The highest BCUT2D eigenvalue weighted by molar-refractivity contribution is 7.15. The van der Waals surface area contributed by atoms with Crippen molar-refractivity contribution < 1.29 is 13.9 Å². The molecule has 7 heteroatoms. The number of hydrogen-bond acceptors (Lipinski definition) is 5. The summed E-state index contributed by atoms with van der Waals surface area (Å²) in [5, 5.41) is 0. The molecule has 0 saturated carbocycles. The van der Waals surface area contributed by atoms with Gasteiger partial charge in [0.2, 0.25) is 0 Å². The van der Waals surface area contributed by atoms with Crippen LogP contribution in [0.15, 0.2) is 77.6 Å². The average Bonchev–Trinajstić information content (AvgIpc) is 3.24. The van der Waals surface area contributed by atoms with Crippen molar-refractivity contribution in [3.05, 3.63) is 105 Å². The van der Waals surface area contributed by atoms with E-state index in [4.69, 9.17) is 4.74 Å². The first-order valence-corrected chi connectivity index (χ1v) is 9.90. The highest BCUT2D eigenvalue weighted by atomic mass is 32.1. The van der Waals surface area contributed by atoms with Crippen molar-refractivity contribution in [3.63, 3.8) is 0 Å². The van der Waals surface area contributed by atoms with E-state index in [0.29, 0.717) is 20.8 Å². The topological polar surface area (TPSA) is 60.7 Å². The number of carbonyl (C=O) groups excluding carboxylic acids is 1. The first kappa shape index (κ1) is 18.2. The van der Waals surface area contributed by atoms with Gasteiger partial charge >= 0.3 is 5.97 Å². The Kier molecular flexibility index (Phi) is 4.37. The molecule has 0 radical (unpaired) electrons. The van der Waals surface area contributed by atoms with E-state index in [1.807, 2.05) is 24.3 Å². The number of hydrogen-bond donors (Lipinski definition) is 0. The zero-order valence-electron chi connectivity index (χ0n) is 15.4. The number of ether oxygens (including phenoxy) is 1. The summed E-state index contributed by atoms with van der Waals surface area (Å²) < 4.78 is 20.8. The molecular weight excluding hydrogens is 403 g/mol. The van der Waals surface area contributed by atoms with Gasteiger partial charge in [0.1, 0.15) is 11.6 Å². The molecule has 5 aromatic rings. The van der Waals surface area contributed by atoms with Gasteiger partial charge in [-0.3, -0.25) is 4.79 Å². The van der Waals surface area contributed by atoms with Crippen molar-refractivity contribution in [1.82, 2.24) is 9.38 Å². The zero-order chi connectivity index (χ0) is 20.7. The third-order valence-corrected chi connectivity index (χ3v) is 5.54. The van der Waals surface area contributed by atoms with Crippen molar-refractivity contribution in [3.8, 4) is 5.75 Å². The molecule has 0 saturated heterocycles. The van der Waals surface area contributed by atoms with Crippen molar-refractivity contribution in [2.24, 2.45) is 0 Å². The van der Waals surface area contributed by atoms with Crippen molar-refractivity contribution >= 4 is 39.4 Å². The lowest BCUT2D eigenvalue weighted by Gasteiger charge is -2.05. The monoisotopic (exact) mass is 416 g/mol. The molecule has 0 unspecified atom stereocenters. The smallest absolute Gasteiger partial charge is 0.343 e. The van der Waals surface area contributed by atoms with E-state index in [1.54, 1.807) is 34.7 Å². The fourth-order valence-corrected chi connectivity index (χ4v) is 4.20. The maximum absolute atomic E-state index is 13.3. The Balaban J connectivity index is 1.50. The summed E-state index contributed by atoms with van der Waals surface area (Å²) in [5.41, 5.74) is 2.22. The molecule has 0 N–H and O–H groups in total. The Morgan fingerprint density at radius 1 is 1.03 bits per heavy atom. The number of thiazole rings is 1. The second-order valence-electron chi connectivity index (χ2n) is 6.61. The van der Waals surface area contributed by atoms with Crippen LogP contribution in [0, 0.1) is 5.82 Å². The van der Waals surface area contributed by atoms with Crippen LogP contribution in [0.5, 0.6) is 5.75 Å². The lowest BCUT2D eigenvalue weighted by Crippen LogP contribution is -2.22. The SMILES string of the molecule is O=C(Oc1cccc(/C=c2\sc3nc4ccccc4n3c2=O)c1)c1cccc(F)c1. The summed E-state index contributed by atoms with van der Waals surface area (Å²) >= 11 is 1.30. The third kappa shape index (κ3) is 3.25. The summed E-state index contributed by atoms with van der Waals surface area (Å²) in [6.07, 6.45) is 1.73. The minimum absolute atomic E-state index is 0.123. The van der Waals surface area contributed by atoms with Crippen LogP contribution in [-0.2, 0) is 0 Å². The Hall–Kier alpha value is -3.84. The van der Waals surface area contributed by atoms with E-state index in [2.05, 4.69) is 4.98 Å². The van der Waals surface area contributed by atoms with Gasteiger partial charge < -0.3 is 4.74 Å². The standard InChI is InChI=1S/C23H13FN2O3S/c24-16-7-4-6-15(13-16)22(28)29-17-8-3-5-14(11-17)12-20-21(27)26-19-10-2-1-9-18(19)25-23(26)30-20/h1-13H/b20-12-. The average molecular weight is 416 g/mol. The maximum Gasteiger partial charge on any atom is 0.343 e. The predicted molar refractivity (Wildman–Crippen MR) is 113 cm³/mol. The molecule has 3 aromatic carbocycles. The van der Waals surface area contributed by atoms with Crippen molar-refractivity contribution in [2.75, 3.05) is 0 Å². The fraction of sp³-hybridized carbons (Fsp3) is 0. The van der Waals surface area contributed by atoms with Crippen LogP contribution in [0.3, 0.4) is 0 Å². The second kappa shape index (κ2) is 7.20. The Morgan fingerprint density at radius 2 is 1.87 bits per heavy atom. The summed E-state index contributed by atoms with van der Waals surface area (Å²) in [4.78, 5) is 30.2. The van der Waals surface area contributed by atoms with E-state index in [0.717, 1.165) is 17.1 Å². The fourth-order valence-electron chi connectivity index (χ4n) is 3.21. The quantitative estimate of drug-likeness (QED) is 0.331. The lowest BCUT2D eigenvalue weighted by atomic mass is 10.2. The van der Waals surface area contributed by atoms with Crippen LogP contribution in [0.4, 0.5) is 4.39 Å². The Bertz CT molecular complexity index is 1540. The molecule has 2 heterocycles. The molecule has 5 rings (SSSR count). The van der Waals surface area contributed by atoms with Crippen molar-refractivity contribution in [1.29, 1.82) is 0 Å². The van der Waals surface area contributed by atoms with Crippen LogP contribution >= 0.6 is 11.3 Å². The lowest BCUT2D eigenvalue weighted by molar-refractivity contribution is 0.0734. The molecule has 2 aromatic heterocycles. The van der Waals surface area contributed by atoms with E-state index < -0.39 is 11.8 Å². The highest BCUT2D eigenvalue weighted by Crippen LogP contribution is 2.18. The molecule has 0 spiro atoms. The van der Waals surface area contributed by atoms with Crippen molar-refractivity contribution in [2.45, 2.75) is 0 Å². The number of esters is 1. The van der Waals surface area contributed by atoms with Gasteiger partial charge in [-0.1, -0.05) is 41.7 Å². The number of carbonyl (C=O) groups is 1. The minimum Gasteiger partial charge on any atom is -0.423 e. The number of benzene rings is 3.